The Morgan fingerprint density at radius 3 is 1.82 bits per heavy atom. The number of benzene rings is 7. The Morgan fingerprint density at radius 2 is 1.07 bits per heavy atom. The molecule has 0 fully saturated rings. The third-order valence-corrected chi connectivity index (χ3v) is 10.4. The fourth-order valence-corrected chi connectivity index (χ4v) is 8.48. The lowest BCUT2D eigenvalue weighted by Crippen LogP contribution is -2.40. The van der Waals surface area contributed by atoms with Crippen LogP contribution < -0.4 is 0 Å². The first-order chi connectivity index (χ1) is 21.5. The van der Waals surface area contributed by atoms with E-state index in [0.29, 0.717) is 0 Å². The van der Waals surface area contributed by atoms with E-state index in [1.54, 1.807) is 0 Å². The second-order valence-corrected chi connectivity index (χ2v) is 12.9. The molecule has 7 aromatic carbocycles. The summed E-state index contributed by atoms with van der Waals surface area (Å²) in [7, 11) is 0. The highest BCUT2D eigenvalue weighted by molar-refractivity contribution is 6.08. The highest BCUT2D eigenvalue weighted by Crippen LogP contribution is 2.62. The number of rotatable bonds is 2. The van der Waals surface area contributed by atoms with Crippen LogP contribution >= 0.6 is 0 Å². The number of hydrogen-bond acceptors (Lipinski definition) is 1. The highest BCUT2D eigenvalue weighted by Gasteiger charge is 2.53. The molecule has 2 aliphatic carbocycles. The van der Waals surface area contributed by atoms with Crippen molar-refractivity contribution in [3.63, 3.8) is 0 Å². The van der Waals surface area contributed by atoms with E-state index in [1.165, 1.54) is 83.4 Å². The van der Waals surface area contributed by atoms with Gasteiger partial charge in [-0.2, -0.15) is 0 Å². The Bertz CT molecular complexity index is 2290. The number of nitrogens with one attached hydrogen (secondary N) is 1. The summed E-state index contributed by atoms with van der Waals surface area (Å²) >= 11 is 0. The molecule has 0 radical (unpaired) electrons. The van der Waals surface area contributed by atoms with Gasteiger partial charge in [0.15, 0.2) is 0 Å². The van der Waals surface area contributed by atoms with E-state index in [2.05, 4.69) is 153 Å². The highest BCUT2D eigenvalue weighted by atomic mass is 14.5. The lowest BCUT2D eigenvalue weighted by atomic mass is 9.55. The molecule has 9 rings (SSSR count). The smallest absolute Gasteiger partial charge is 0.0719 e. The lowest BCUT2D eigenvalue weighted by molar-refractivity contribution is 0.563. The van der Waals surface area contributed by atoms with Crippen LogP contribution in [0.5, 0.6) is 0 Å². The standard InChI is InChI=1S/C43H31N/c1-42(2)36-13-5-7-15-38(36)43(39-16-8-6-14-37(39)42)35-23-21-29(25-34(35)41-31(26-44)11-9-17-40(41)43)28-20-22-33-30(24-28)19-18-27-10-3-4-12-32(27)33/h3-26,44H,1-2H3. The normalized spacial score (nSPS) is 15.0. The van der Waals surface area contributed by atoms with E-state index in [0.717, 1.165) is 5.56 Å². The van der Waals surface area contributed by atoms with Crippen LogP contribution in [0.3, 0.4) is 0 Å². The molecule has 7 aromatic rings. The summed E-state index contributed by atoms with van der Waals surface area (Å²) in [5.41, 5.74) is 13.2. The van der Waals surface area contributed by atoms with Crippen molar-refractivity contribution in [3.05, 3.63) is 178 Å². The van der Waals surface area contributed by atoms with Gasteiger partial charge in [-0.05, 0) is 89.3 Å². The zero-order chi connectivity index (χ0) is 29.6. The largest absolute Gasteiger partial charge is 0.308 e. The van der Waals surface area contributed by atoms with Gasteiger partial charge in [-0.1, -0.05) is 141 Å². The van der Waals surface area contributed by atoms with Gasteiger partial charge in [0, 0.05) is 17.2 Å². The van der Waals surface area contributed by atoms with E-state index in [4.69, 9.17) is 5.41 Å². The van der Waals surface area contributed by atoms with Crippen molar-refractivity contribution < 1.29 is 0 Å². The topological polar surface area (TPSA) is 23.9 Å². The summed E-state index contributed by atoms with van der Waals surface area (Å²) in [6.45, 7) is 4.71. The van der Waals surface area contributed by atoms with Crippen LogP contribution in [0.25, 0.3) is 43.8 Å². The second-order valence-electron chi connectivity index (χ2n) is 12.9. The van der Waals surface area contributed by atoms with Gasteiger partial charge >= 0.3 is 0 Å². The Morgan fingerprint density at radius 1 is 0.477 bits per heavy atom. The van der Waals surface area contributed by atoms with Gasteiger partial charge in [0.2, 0.25) is 0 Å². The first kappa shape index (κ1) is 25.2. The first-order valence-electron chi connectivity index (χ1n) is 15.4. The van der Waals surface area contributed by atoms with Crippen molar-refractivity contribution in [2.24, 2.45) is 0 Å². The number of fused-ring (bicyclic) bond motifs is 12. The second kappa shape index (κ2) is 8.88. The predicted octanol–water partition coefficient (Wildman–Crippen LogP) is 10.7. The predicted molar refractivity (Wildman–Crippen MR) is 184 cm³/mol. The maximum absolute atomic E-state index is 8.46. The Labute approximate surface area is 258 Å². The summed E-state index contributed by atoms with van der Waals surface area (Å²) < 4.78 is 0. The molecule has 2 aliphatic rings. The Balaban J connectivity index is 1.35. The minimum Gasteiger partial charge on any atom is -0.308 e. The van der Waals surface area contributed by atoms with Gasteiger partial charge in [-0.3, -0.25) is 0 Å². The van der Waals surface area contributed by atoms with Crippen LogP contribution in [0.4, 0.5) is 0 Å². The third kappa shape index (κ3) is 3.11. The average molecular weight is 562 g/mol. The molecule has 0 unspecified atom stereocenters. The molecule has 0 aromatic heterocycles. The first-order valence-corrected chi connectivity index (χ1v) is 15.4. The van der Waals surface area contributed by atoms with E-state index in [9.17, 15) is 0 Å². The zero-order valence-corrected chi connectivity index (χ0v) is 24.9. The van der Waals surface area contributed by atoms with Crippen LogP contribution in [-0.4, -0.2) is 6.21 Å². The van der Waals surface area contributed by atoms with Gasteiger partial charge in [0.1, 0.15) is 0 Å². The SMILES string of the molecule is CC1(C)c2ccccc2C2(c3ccc(-c4ccc5c(ccc6ccccc65)c4)cc3-c3c(C=N)cccc32)c2ccccc21. The summed E-state index contributed by atoms with van der Waals surface area (Å²) in [5, 5.41) is 13.5. The monoisotopic (exact) mass is 561 g/mol. The third-order valence-electron chi connectivity index (χ3n) is 10.4. The molecule has 0 aliphatic heterocycles. The van der Waals surface area contributed by atoms with Crippen LogP contribution in [0.1, 0.15) is 52.8 Å². The molecule has 1 heteroatoms. The molecule has 0 saturated heterocycles. The molecule has 0 amide bonds. The Kier molecular flexibility index (Phi) is 5.09. The summed E-state index contributed by atoms with van der Waals surface area (Å²) in [6.07, 6.45) is 1.53. The van der Waals surface area contributed by atoms with Gasteiger partial charge < -0.3 is 5.41 Å². The van der Waals surface area contributed by atoms with Crippen LogP contribution in [0.15, 0.2) is 140 Å². The zero-order valence-electron chi connectivity index (χ0n) is 24.9. The molecule has 44 heavy (non-hydrogen) atoms. The van der Waals surface area contributed by atoms with Crippen molar-refractivity contribution in [2.75, 3.05) is 0 Å². The molecule has 1 N–H and O–H groups in total. The minimum atomic E-state index is -0.451. The van der Waals surface area contributed by atoms with Gasteiger partial charge in [-0.25, -0.2) is 0 Å². The molecular weight excluding hydrogens is 530 g/mol. The quantitative estimate of drug-likeness (QED) is 0.160. The summed E-state index contributed by atoms with van der Waals surface area (Å²) in [4.78, 5) is 0. The molecule has 208 valence electrons. The molecule has 0 atom stereocenters. The Hall–Kier alpha value is -5.27. The van der Waals surface area contributed by atoms with Crippen molar-refractivity contribution in [3.8, 4) is 22.3 Å². The van der Waals surface area contributed by atoms with Crippen LogP contribution in [-0.2, 0) is 10.8 Å². The van der Waals surface area contributed by atoms with Crippen molar-refractivity contribution >= 4 is 27.8 Å². The molecule has 1 spiro atoms. The molecule has 0 bridgehead atoms. The van der Waals surface area contributed by atoms with E-state index in [1.807, 2.05) is 0 Å². The van der Waals surface area contributed by atoms with Crippen molar-refractivity contribution in [2.45, 2.75) is 24.7 Å². The lowest BCUT2D eigenvalue weighted by Gasteiger charge is -2.46. The maximum atomic E-state index is 8.46. The van der Waals surface area contributed by atoms with E-state index in [-0.39, 0.29) is 5.41 Å². The minimum absolute atomic E-state index is 0.129. The molecular formula is C43H31N. The van der Waals surface area contributed by atoms with Crippen molar-refractivity contribution in [1.82, 2.24) is 0 Å². The van der Waals surface area contributed by atoms with Crippen LogP contribution in [0.2, 0.25) is 0 Å². The van der Waals surface area contributed by atoms with E-state index >= 15 is 0 Å². The van der Waals surface area contributed by atoms with Gasteiger partial charge in [0.25, 0.3) is 0 Å². The van der Waals surface area contributed by atoms with Crippen LogP contribution in [0, 0.1) is 5.41 Å². The molecule has 0 saturated carbocycles. The van der Waals surface area contributed by atoms with Crippen molar-refractivity contribution in [1.29, 1.82) is 5.41 Å². The summed E-state index contributed by atoms with van der Waals surface area (Å²) in [5.74, 6) is 0. The number of hydrogen-bond donors (Lipinski definition) is 1. The van der Waals surface area contributed by atoms with Gasteiger partial charge in [0.05, 0.1) is 5.41 Å². The average Bonchev–Trinajstić information content (AvgIpc) is 3.37. The fourth-order valence-electron chi connectivity index (χ4n) is 8.48. The van der Waals surface area contributed by atoms with E-state index < -0.39 is 5.41 Å². The maximum Gasteiger partial charge on any atom is 0.0719 e. The van der Waals surface area contributed by atoms with Gasteiger partial charge in [-0.15, -0.1) is 0 Å². The fraction of sp³-hybridized carbons (Fsp3) is 0.0930. The molecule has 1 nitrogen and oxygen atoms in total. The summed E-state index contributed by atoms with van der Waals surface area (Å²) in [6, 6.07) is 51.6. The molecule has 0 heterocycles.